The van der Waals surface area contributed by atoms with Crippen molar-refractivity contribution in [2.75, 3.05) is 0 Å². The summed E-state index contributed by atoms with van der Waals surface area (Å²) in [5.74, 6) is -1.92. The van der Waals surface area contributed by atoms with Crippen LogP contribution < -0.4 is 5.32 Å². The van der Waals surface area contributed by atoms with E-state index < -0.39 is 17.9 Å². The quantitative estimate of drug-likeness (QED) is 0.672. The number of rotatable bonds is 5. The minimum absolute atomic E-state index is 0.108. The van der Waals surface area contributed by atoms with Gasteiger partial charge in [0.2, 0.25) is 0 Å². The van der Waals surface area contributed by atoms with Crippen molar-refractivity contribution in [3.05, 3.63) is 58.2 Å². The van der Waals surface area contributed by atoms with E-state index in [0.717, 1.165) is 5.39 Å². The van der Waals surface area contributed by atoms with Crippen LogP contribution >= 0.6 is 11.3 Å². The van der Waals surface area contributed by atoms with Gasteiger partial charge in [-0.2, -0.15) is 11.3 Å². The van der Waals surface area contributed by atoms with E-state index in [2.05, 4.69) is 10.3 Å². The van der Waals surface area contributed by atoms with Crippen LogP contribution in [0.5, 0.6) is 0 Å². The number of H-pyrrole nitrogens is 1. The van der Waals surface area contributed by atoms with Crippen molar-refractivity contribution in [1.82, 2.24) is 10.3 Å². The summed E-state index contributed by atoms with van der Waals surface area (Å²) in [7, 11) is 0. The highest BCUT2D eigenvalue weighted by Gasteiger charge is 2.22. The molecule has 0 radical (unpaired) electrons. The van der Waals surface area contributed by atoms with Gasteiger partial charge >= 0.3 is 5.97 Å². The maximum atomic E-state index is 13.2. The Labute approximate surface area is 134 Å². The van der Waals surface area contributed by atoms with Crippen LogP contribution in [0, 0.1) is 5.82 Å². The topological polar surface area (TPSA) is 82.2 Å². The summed E-state index contributed by atoms with van der Waals surface area (Å²) in [5, 5.41) is 16.0. The SMILES string of the molecule is O=C(N[C@@H](Cc1c[nH]c2cc(F)ccc12)C(=O)O)c1ccsc1. The van der Waals surface area contributed by atoms with Crippen LogP contribution in [0.1, 0.15) is 15.9 Å². The van der Waals surface area contributed by atoms with Gasteiger partial charge in [-0.15, -0.1) is 0 Å². The number of carbonyl (C=O) groups excluding carboxylic acids is 1. The van der Waals surface area contributed by atoms with Crippen molar-refractivity contribution in [1.29, 1.82) is 0 Å². The second-order valence-electron chi connectivity index (χ2n) is 5.08. The van der Waals surface area contributed by atoms with E-state index in [1.54, 1.807) is 29.1 Å². The number of hydrogen-bond acceptors (Lipinski definition) is 3. The van der Waals surface area contributed by atoms with E-state index in [1.807, 2.05) is 0 Å². The lowest BCUT2D eigenvalue weighted by molar-refractivity contribution is -0.139. The molecule has 1 aromatic carbocycles. The van der Waals surface area contributed by atoms with Crippen molar-refractivity contribution < 1.29 is 19.1 Å². The number of thiophene rings is 1. The molecule has 0 bridgehead atoms. The molecule has 0 spiro atoms. The van der Waals surface area contributed by atoms with E-state index >= 15 is 0 Å². The fourth-order valence-corrected chi connectivity index (χ4v) is 3.02. The van der Waals surface area contributed by atoms with Crippen molar-refractivity contribution in [3.63, 3.8) is 0 Å². The van der Waals surface area contributed by atoms with Crippen LogP contribution in [0.15, 0.2) is 41.2 Å². The molecule has 3 N–H and O–H groups in total. The number of aliphatic carboxylic acids is 1. The Bertz CT molecular complexity index is 857. The molecule has 0 aliphatic rings. The monoisotopic (exact) mass is 332 g/mol. The Morgan fingerprint density at radius 2 is 2.17 bits per heavy atom. The Morgan fingerprint density at radius 3 is 2.87 bits per heavy atom. The van der Waals surface area contributed by atoms with Gasteiger partial charge in [0.25, 0.3) is 5.91 Å². The largest absolute Gasteiger partial charge is 0.480 e. The van der Waals surface area contributed by atoms with Crippen LogP contribution in [-0.2, 0) is 11.2 Å². The van der Waals surface area contributed by atoms with Crippen molar-refractivity contribution in [2.24, 2.45) is 0 Å². The standard InChI is InChI=1S/C16H13FN2O3S/c17-11-1-2-12-10(7-18-13(12)6-11)5-14(16(21)22)19-15(20)9-3-4-23-8-9/h1-4,6-8,14,18H,5H2,(H,19,20)(H,21,22)/t14-/m0/s1. The summed E-state index contributed by atoms with van der Waals surface area (Å²) in [6, 6.07) is 4.83. The van der Waals surface area contributed by atoms with E-state index in [1.165, 1.54) is 23.5 Å². The van der Waals surface area contributed by atoms with Gasteiger partial charge in [-0.25, -0.2) is 9.18 Å². The average molecular weight is 332 g/mol. The number of benzene rings is 1. The van der Waals surface area contributed by atoms with Crippen molar-refractivity contribution in [2.45, 2.75) is 12.5 Å². The molecular weight excluding hydrogens is 319 g/mol. The second kappa shape index (κ2) is 6.21. The third kappa shape index (κ3) is 3.24. The van der Waals surface area contributed by atoms with E-state index in [-0.39, 0.29) is 12.2 Å². The number of fused-ring (bicyclic) bond motifs is 1. The lowest BCUT2D eigenvalue weighted by Crippen LogP contribution is -2.42. The summed E-state index contributed by atoms with van der Waals surface area (Å²) in [6.45, 7) is 0. The van der Waals surface area contributed by atoms with Gasteiger partial charge in [0.05, 0.1) is 5.56 Å². The van der Waals surface area contributed by atoms with Crippen LogP contribution in [0.25, 0.3) is 10.9 Å². The van der Waals surface area contributed by atoms with Crippen LogP contribution in [0.2, 0.25) is 0 Å². The van der Waals surface area contributed by atoms with Gasteiger partial charge in [-0.1, -0.05) is 0 Å². The Kier molecular flexibility index (Phi) is 4.12. The van der Waals surface area contributed by atoms with Crippen molar-refractivity contribution in [3.8, 4) is 0 Å². The number of hydrogen-bond donors (Lipinski definition) is 3. The van der Waals surface area contributed by atoms with Gasteiger partial charge in [-0.05, 0) is 35.2 Å². The summed E-state index contributed by atoms with van der Waals surface area (Å²) in [6.07, 6.45) is 1.74. The van der Waals surface area contributed by atoms with Crippen LogP contribution in [0.4, 0.5) is 4.39 Å². The minimum Gasteiger partial charge on any atom is -0.480 e. The zero-order chi connectivity index (χ0) is 16.4. The molecule has 3 aromatic rings. The molecule has 118 valence electrons. The number of carboxylic acid groups (broad SMARTS) is 1. The summed E-state index contributed by atoms with van der Waals surface area (Å²) < 4.78 is 13.2. The van der Waals surface area contributed by atoms with Crippen LogP contribution in [-0.4, -0.2) is 28.0 Å². The normalized spacial score (nSPS) is 12.2. The van der Waals surface area contributed by atoms with Crippen molar-refractivity contribution >= 4 is 34.1 Å². The first-order valence-corrected chi connectivity index (χ1v) is 7.80. The maximum Gasteiger partial charge on any atom is 0.326 e. The molecule has 2 aromatic heterocycles. The zero-order valence-electron chi connectivity index (χ0n) is 11.9. The number of carbonyl (C=O) groups is 2. The highest BCUT2D eigenvalue weighted by molar-refractivity contribution is 7.08. The molecule has 1 atom stereocenters. The molecule has 0 saturated heterocycles. The fraction of sp³-hybridized carbons (Fsp3) is 0.125. The Morgan fingerprint density at radius 1 is 1.35 bits per heavy atom. The molecule has 0 aliphatic carbocycles. The molecule has 0 fully saturated rings. The number of aromatic nitrogens is 1. The smallest absolute Gasteiger partial charge is 0.326 e. The molecule has 23 heavy (non-hydrogen) atoms. The van der Waals surface area contributed by atoms with E-state index in [0.29, 0.717) is 16.6 Å². The molecule has 0 saturated carbocycles. The molecule has 3 rings (SSSR count). The number of halogens is 1. The molecular formula is C16H13FN2O3S. The van der Waals surface area contributed by atoms with Gasteiger partial charge in [0.15, 0.2) is 0 Å². The summed E-state index contributed by atoms with van der Waals surface area (Å²) in [4.78, 5) is 26.4. The summed E-state index contributed by atoms with van der Waals surface area (Å²) in [5.41, 5.74) is 1.73. The summed E-state index contributed by atoms with van der Waals surface area (Å²) >= 11 is 1.36. The third-order valence-electron chi connectivity index (χ3n) is 3.54. The molecule has 1 amide bonds. The fourth-order valence-electron chi connectivity index (χ4n) is 2.38. The van der Waals surface area contributed by atoms with Gasteiger partial charge in [0.1, 0.15) is 11.9 Å². The number of amides is 1. The second-order valence-corrected chi connectivity index (χ2v) is 5.86. The van der Waals surface area contributed by atoms with Gasteiger partial charge in [-0.3, -0.25) is 4.79 Å². The molecule has 0 aliphatic heterocycles. The van der Waals surface area contributed by atoms with Gasteiger partial charge in [0, 0.05) is 28.9 Å². The third-order valence-corrected chi connectivity index (χ3v) is 4.22. The Hall–Kier alpha value is -2.67. The first kappa shape index (κ1) is 15.2. The average Bonchev–Trinajstić information content (AvgIpc) is 3.16. The molecule has 7 heteroatoms. The molecule has 2 heterocycles. The number of aromatic amines is 1. The highest BCUT2D eigenvalue weighted by atomic mass is 32.1. The molecule has 0 unspecified atom stereocenters. The predicted octanol–water partition coefficient (Wildman–Crippen LogP) is 2.79. The lowest BCUT2D eigenvalue weighted by atomic mass is 10.0. The predicted molar refractivity (Wildman–Crippen MR) is 85.2 cm³/mol. The lowest BCUT2D eigenvalue weighted by Gasteiger charge is -2.13. The zero-order valence-corrected chi connectivity index (χ0v) is 12.7. The Balaban J connectivity index is 1.81. The molecule has 5 nitrogen and oxygen atoms in total. The number of nitrogens with one attached hydrogen (secondary N) is 2. The van der Waals surface area contributed by atoms with Crippen LogP contribution in [0.3, 0.4) is 0 Å². The highest BCUT2D eigenvalue weighted by Crippen LogP contribution is 2.20. The first-order chi connectivity index (χ1) is 11.0. The first-order valence-electron chi connectivity index (χ1n) is 6.86. The van der Waals surface area contributed by atoms with Gasteiger partial charge < -0.3 is 15.4 Å². The maximum absolute atomic E-state index is 13.2. The van der Waals surface area contributed by atoms with E-state index in [4.69, 9.17) is 0 Å². The number of carboxylic acids is 1. The van der Waals surface area contributed by atoms with E-state index in [9.17, 15) is 19.1 Å². The minimum atomic E-state index is -1.12.